The van der Waals surface area contributed by atoms with Gasteiger partial charge in [-0.1, -0.05) is 36.7 Å². The van der Waals surface area contributed by atoms with Crippen molar-refractivity contribution in [2.24, 2.45) is 5.10 Å². The summed E-state index contributed by atoms with van der Waals surface area (Å²) in [7, 11) is 1.53. The zero-order chi connectivity index (χ0) is 24.5. The summed E-state index contributed by atoms with van der Waals surface area (Å²) in [5, 5.41) is 4.71. The highest BCUT2D eigenvalue weighted by atomic mass is 79.9. The molecule has 178 valence electrons. The third-order valence-electron chi connectivity index (χ3n) is 4.62. The fraction of sp³-hybridized carbons (Fsp3) is 0.200. The Bertz CT molecular complexity index is 1160. The summed E-state index contributed by atoms with van der Waals surface area (Å²) >= 11 is 13.2. The molecule has 3 aromatic rings. The Labute approximate surface area is 220 Å². The number of ether oxygens (including phenoxy) is 3. The Morgan fingerprint density at radius 2 is 1.79 bits per heavy atom. The van der Waals surface area contributed by atoms with Crippen molar-refractivity contribution in [2.45, 2.75) is 20.0 Å². The molecular formula is C25H23Br2ClN2O4. The van der Waals surface area contributed by atoms with Crippen LogP contribution in [0.3, 0.4) is 0 Å². The lowest BCUT2D eigenvalue weighted by atomic mass is 10.2. The Hall–Kier alpha value is -2.55. The smallest absolute Gasteiger partial charge is 0.271 e. The van der Waals surface area contributed by atoms with Crippen LogP contribution in [0.2, 0.25) is 5.02 Å². The average molecular weight is 611 g/mol. The van der Waals surface area contributed by atoms with Gasteiger partial charge in [-0.15, -0.1) is 0 Å². The predicted octanol–water partition coefficient (Wildman–Crippen LogP) is 7.01. The number of rotatable bonds is 10. The molecule has 0 bridgehead atoms. The second-order valence-corrected chi connectivity index (χ2v) is 9.22. The minimum absolute atomic E-state index is 0.325. The predicted molar refractivity (Wildman–Crippen MR) is 141 cm³/mol. The number of hydrazone groups is 1. The molecule has 6 nitrogen and oxygen atoms in total. The number of benzene rings is 3. The van der Waals surface area contributed by atoms with Gasteiger partial charge in [0.2, 0.25) is 0 Å². The van der Waals surface area contributed by atoms with E-state index in [9.17, 15) is 4.79 Å². The van der Waals surface area contributed by atoms with Crippen molar-refractivity contribution in [3.05, 3.63) is 85.3 Å². The van der Waals surface area contributed by atoms with Crippen molar-refractivity contribution in [1.29, 1.82) is 0 Å². The SMILES string of the molecule is CCCOc1ccc(C(=O)N/N=C/c2cc(Br)c(OCc3ccccc3Cl)c(Br)c2)cc1OC. The Balaban J connectivity index is 1.64. The molecule has 1 N–H and O–H groups in total. The molecule has 9 heteroatoms. The van der Waals surface area contributed by atoms with Crippen LogP contribution in [0, 0.1) is 0 Å². The van der Waals surface area contributed by atoms with Gasteiger partial charge in [0.15, 0.2) is 11.5 Å². The highest BCUT2D eigenvalue weighted by Crippen LogP contribution is 2.35. The maximum atomic E-state index is 12.5. The zero-order valence-electron chi connectivity index (χ0n) is 18.6. The fourth-order valence-corrected chi connectivity index (χ4v) is 4.57. The van der Waals surface area contributed by atoms with Crippen LogP contribution in [0.5, 0.6) is 17.2 Å². The number of halogens is 3. The molecule has 0 atom stereocenters. The second-order valence-electron chi connectivity index (χ2n) is 7.11. The van der Waals surface area contributed by atoms with Crippen LogP contribution in [-0.4, -0.2) is 25.8 Å². The molecule has 0 radical (unpaired) electrons. The van der Waals surface area contributed by atoms with Gasteiger partial charge in [-0.3, -0.25) is 4.79 Å². The highest BCUT2D eigenvalue weighted by Gasteiger charge is 2.12. The number of methoxy groups -OCH3 is 1. The Kier molecular flexibility index (Phi) is 9.80. The first-order valence-electron chi connectivity index (χ1n) is 10.4. The monoisotopic (exact) mass is 608 g/mol. The van der Waals surface area contributed by atoms with Crippen molar-refractivity contribution in [1.82, 2.24) is 5.43 Å². The highest BCUT2D eigenvalue weighted by molar-refractivity contribution is 9.11. The van der Waals surface area contributed by atoms with E-state index in [-0.39, 0.29) is 5.91 Å². The largest absolute Gasteiger partial charge is 0.493 e. The Morgan fingerprint density at radius 3 is 2.47 bits per heavy atom. The van der Waals surface area contributed by atoms with Gasteiger partial charge in [-0.05, 0) is 80.2 Å². The molecule has 34 heavy (non-hydrogen) atoms. The number of carbonyl (C=O) groups excluding carboxylic acids is 1. The van der Waals surface area contributed by atoms with Crippen LogP contribution in [0.25, 0.3) is 0 Å². The lowest BCUT2D eigenvalue weighted by Gasteiger charge is -2.12. The van der Waals surface area contributed by atoms with E-state index in [0.29, 0.717) is 41.0 Å². The number of nitrogens with one attached hydrogen (secondary N) is 1. The molecule has 0 saturated carbocycles. The first-order chi connectivity index (χ1) is 16.4. The van der Waals surface area contributed by atoms with Crippen LogP contribution in [-0.2, 0) is 6.61 Å². The number of hydrogen-bond acceptors (Lipinski definition) is 5. The van der Waals surface area contributed by atoms with Crippen molar-refractivity contribution in [2.75, 3.05) is 13.7 Å². The van der Waals surface area contributed by atoms with Gasteiger partial charge < -0.3 is 14.2 Å². The first kappa shape index (κ1) is 26.1. The molecule has 0 aromatic heterocycles. The molecule has 1 amide bonds. The van der Waals surface area contributed by atoms with Crippen LogP contribution in [0.4, 0.5) is 0 Å². The van der Waals surface area contributed by atoms with E-state index in [0.717, 1.165) is 26.5 Å². The first-order valence-corrected chi connectivity index (χ1v) is 12.4. The van der Waals surface area contributed by atoms with E-state index in [4.69, 9.17) is 25.8 Å². The van der Waals surface area contributed by atoms with Gasteiger partial charge in [0.05, 0.1) is 28.9 Å². The van der Waals surface area contributed by atoms with Crippen molar-refractivity contribution >= 4 is 55.6 Å². The summed E-state index contributed by atoms with van der Waals surface area (Å²) < 4.78 is 18.3. The third-order valence-corrected chi connectivity index (χ3v) is 6.16. The van der Waals surface area contributed by atoms with Crippen LogP contribution in [0.1, 0.15) is 34.8 Å². The molecule has 3 aromatic carbocycles. The molecule has 0 saturated heterocycles. The zero-order valence-corrected chi connectivity index (χ0v) is 22.5. The van der Waals surface area contributed by atoms with Crippen molar-refractivity contribution < 1.29 is 19.0 Å². The number of carbonyl (C=O) groups is 1. The lowest BCUT2D eigenvalue weighted by Crippen LogP contribution is -2.17. The number of nitrogens with zero attached hydrogens (tertiary/aromatic N) is 1. The number of amides is 1. The van der Waals surface area contributed by atoms with E-state index in [2.05, 4.69) is 42.4 Å². The molecule has 0 fully saturated rings. The minimum Gasteiger partial charge on any atom is -0.493 e. The van der Waals surface area contributed by atoms with E-state index in [1.807, 2.05) is 43.3 Å². The quantitative estimate of drug-likeness (QED) is 0.198. The summed E-state index contributed by atoms with van der Waals surface area (Å²) in [5.41, 5.74) is 4.57. The molecule has 3 rings (SSSR count). The Morgan fingerprint density at radius 1 is 1.06 bits per heavy atom. The molecular weight excluding hydrogens is 588 g/mol. The summed E-state index contributed by atoms with van der Waals surface area (Å²) in [6.07, 6.45) is 2.42. The summed E-state index contributed by atoms with van der Waals surface area (Å²) in [4.78, 5) is 12.5. The maximum absolute atomic E-state index is 12.5. The minimum atomic E-state index is -0.366. The second kappa shape index (κ2) is 12.8. The third kappa shape index (κ3) is 6.98. The lowest BCUT2D eigenvalue weighted by molar-refractivity contribution is 0.0954. The maximum Gasteiger partial charge on any atom is 0.271 e. The molecule has 0 aliphatic carbocycles. The summed E-state index contributed by atoms with van der Waals surface area (Å²) in [6, 6.07) is 16.2. The summed E-state index contributed by atoms with van der Waals surface area (Å²) in [5.74, 6) is 1.36. The normalized spacial score (nSPS) is 10.9. The number of hydrogen-bond donors (Lipinski definition) is 1. The van der Waals surface area contributed by atoms with Gasteiger partial charge in [-0.2, -0.15) is 5.10 Å². The van der Waals surface area contributed by atoms with E-state index in [1.165, 1.54) is 7.11 Å². The van der Waals surface area contributed by atoms with Crippen molar-refractivity contribution in [3.63, 3.8) is 0 Å². The van der Waals surface area contributed by atoms with Gasteiger partial charge in [0.1, 0.15) is 12.4 Å². The molecule has 0 spiro atoms. The van der Waals surface area contributed by atoms with E-state index in [1.54, 1.807) is 24.4 Å². The van der Waals surface area contributed by atoms with Crippen molar-refractivity contribution in [3.8, 4) is 17.2 Å². The van der Waals surface area contributed by atoms with Crippen LogP contribution >= 0.6 is 43.5 Å². The fourth-order valence-electron chi connectivity index (χ4n) is 2.93. The topological polar surface area (TPSA) is 69.2 Å². The summed E-state index contributed by atoms with van der Waals surface area (Å²) in [6.45, 7) is 2.91. The van der Waals surface area contributed by atoms with E-state index >= 15 is 0 Å². The van der Waals surface area contributed by atoms with Crippen LogP contribution in [0.15, 0.2) is 68.6 Å². The van der Waals surface area contributed by atoms with E-state index < -0.39 is 0 Å². The van der Waals surface area contributed by atoms with Gasteiger partial charge in [0, 0.05) is 16.1 Å². The molecule has 0 unspecified atom stereocenters. The molecule has 0 aliphatic heterocycles. The van der Waals surface area contributed by atoms with Gasteiger partial charge >= 0.3 is 0 Å². The van der Waals surface area contributed by atoms with Gasteiger partial charge in [-0.25, -0.2) is 5.43 Å². The molecule has 0 aliphatic rings. The van der Waals surface area contributed by atoms with Gasteiger partial charge in [0.25, 0.3) is 5.91 Å². The standard InChI is InChI=1S/C25H23Br2ClN2O4/c1-3-10-33-22-9-8-17(13-23(22)32-2)25(31)30-29-14-16-11-19(26)24(20(27)12-16)34-15-18-6-4-5-7-21(18)28/h4-9,11-14H,3,10,15H2,1-2H3,(H,30,31)/b29-14+. The molecule has 0 heterocycles. The average Bonchev–Trinajstić information content (AvgIpc) is 2.83. The van der Waals surface area contributed by atoms with Crippen LogP contribution < -0.4 is 19.6 Å².